The molecule has 0 bridgehead atoms. The Kier molecular flexibility index (Phi) is 8.03. The molecule has 1 fully saturated rings. The molecular weight excluding hydrogens is 475 g/mol. The van der Waals surface area contributed by atoms with Crippen molar-refractivity contribution >= 4 is 39.4 Å². The standard InChI is InChI=1S/C20H27F3N5O3SSi/c1-3-14(20(21,22)23)25-18(30)31-10-12-4-5-19(33,8-12)15-7-16(28-27-15)26-17(29)6-13-9-24-11(2)32-13/h9,12,14-15,27H,3-8,10H2,1-2H3,(H,25,30)(H,26,28,29)/t12?,14?,15?,19-/m1/s1. The van der Waals surface area contributed by atoms with Crippen LogP contribution >= 0.6 is 11.3 Å². The normalized spacial score (nSPS) is 25.8. The zero-order chi connectivity index (χ0) is 24.2. The lowest BCUT2D eigenvalue weighted by atomic mass is 9.93. The number of halogens is 3. The average molecular weight is 503 g/mol. The van der Waals surface area contributed by atoms with E-state index in [1.807, 2.05) is 12.2 Å². The maximum atomic E-state index is 12.8. The summed E-state index contributed by atoms with van der Waals surface area (Å²) in [6.07, 6.45) is -1.20. The number of hydrazone groups is 1. The predicted molar refractivity (Wildman–Crippen MR) is 118 cm³/mol. The third-order valence-corrected chi connectivity index (χ3v) is 7.62. The number of nitrogens with zero attached hydrogens (tertiary/aromatic N) is 2. The van der Waals surface area contributed by atoms with Crippen molar-refractivity contribution in [3.05, 3.63) is 16.1 Å². The first-order valence-electron chi connectivity index (χ1n) is 10.8. The molecule has 181 valence electrons. The fourth-order valence-electron chi connectivity index (χ4n) is 4.12. The molecule has 0 saturated heterocycles. The molecule has 3 unspecified atom stereocenters. The number of ether oxygens (including phenoxy) is 1. The van der Waals surface area contributed by atoms with E-state index in [0.29, 0.717) is 18.7 Å². The molecule has 1 aromatic rings. The lowest BCUT2D eigenvalue weighted by molar-refractivity contribution is -0.154. The molecule has 0 spiro atoms. The number of hydrogen-bond donors (Lipinski definition) is 3. The Hall–Kier alpha value is -2.15. The Labute approximate surface area is 197 Å². The number of hydrogen-bond acceptors (Lipinski definition) is 7. The van der Waals surface area contributed by atoms with E-state index in [-0.39, 0.29) is 42.4 Å². The highest BCUT2D eigenvalue weighted by Gasteiger charge is 2.44. The van der Waals surface area contributed by atoms with Gasteiger partial charge in [0.1, 0.15) is 11.9 Å². The summed E-state index contributed by atoms with van der Waals surface area (Å²) in [6, 6.07) is -1.99. The van der Waals surface area contributed by atoms with Gasteiger partial charge in [-0.25, -0.2) is 9.78 Å². The van der Waals surface area contributed by atoms with Crippen LogP contribution in [0.4, 0.5) is 18.0 Å². The molecule has 3 radical (unpaired) electrons. The van der Waals surface area contributed by atoms with E-state index >= 15 is 0 Å². The monoisotopic (exact) mass is 502 g/mol. The van der Waals surface area contributed by atoms with E-state index in [1.54, 1.807) is 6.20 Å². The molecule has 4 atom stereocenters. The predicted octanol–water partition coefficient (Wildman–Crippen LogP) is 2.98. The zero-order valence-electron chi connectivity index (χ0n) is 18.4. The van der Waals surface area contributed by atoms with Crippen LogP contribution in [0.2, 0.25) is 5.04 Å². The van der Waals surface area contributed by atoms with E-state index in [0.717, 1.165) is 22.7 Å². The minimum atomic E-state index is -4.51. The van der Waals surface area contributed by atoms with Crippen molar-refractivity contribution in [2.24, 2.45) is 11.0 Å². The first-order chi connectivity index (χ1) is 15.5. The minimum absolute atomic E-state index is 0.00854. The Balaban J connectivity index is 1.41. The zero-order valence-corrected chi connectivity index (χ0v) is 20.2. The summed E-state index contributed by atoms with van der Waals surface area (Å²) in [5, 5.41) is 9.53. The van der Waals surface area contributed by atoms with Gasteiger partial charge in [-0.15, -0.1) is 11.3 Å². The van der Waals surface area contributed by atoms with Crippen molar-refractivity contribution in [3.63, 3.8) is 0 Å². The van der Waals surface area contributed by atoms with E-state index in [4.69, 9.17) is 4.74 Å². The molecule has 1 saturated carbocycles. The highest BCUT2D eigenvalue weighted by Crippen LogP contribution is 2.49. The summed E-state index contributed by atoms with van der Waals surface area (Å²) < 4.78 is 43.4. The van der Waals surface area contributed by atoms with Gasteiger partial charge in [0.05, 0.1) is 24.1 Å². The molecule has 1 aliphatic carbocycles. The van der Waals surface area contributed by atoms with E-state index in [2.05, 4.69) is 31.1 Å². The number of alkyl carbamates (subject to hydrolysis) is 1. The first-order valence-corrected chi connectivity index (χ1v) is 12.1. The Morgan fingerprint density at radius 2 is 2.21 bits per heavy atom. The van der Waals surface area contributed by atoms with Gasteiger partial charge in [-0.2, -0.15) is 18.3 Å². The van der Waals surface area contributed by atoms with Crippen LogP contribution in [0.1, 0.15) is 48.9 Å². The number of carbonyl (C=O) groups excluding carboxylic acids is 2. The topological polar surface area (TPSA) is 105 Å². The van der Waals surface area contributed by atoms with Crippen LogP contribution in [0.25, 0.3) is 0 Å². The number of aromatic nitrogens is 1. The minimum Gasteiger partial charge on any atom is -0.449 e. The summed E-state index contributed by atoms with van der Waals surface area (Å²) in [5.74, 6) is 0.408. The largest absolute Gasteiger partial charge is 0.449 e. The van der Waals surface area contributed by atoms with Gasteiger partial charge in [-0.1, -0.05) is 6.92 Å². The number of amides is 2. The Morgan fingerprint density at radius 1 is 1.45 bits per heavy atom. The van der Waals surface area contributed by atoms with Crippen LogP contribution in [0.5, 0.6) is 0 Å². The molecule has 2 heterocycles. The average Bonchev–Trinajstić information content (AvgIpc) is 3.45. The maximum absolute atomic E-state index is 12.8. The van der Waals surface area contributed by atoms with Crippen molar-refractivity contribution in [2.75, 3.05) is 6.61 Å². The van der Waals surface area contributed by atoms with Gasteiger partial charge in [0.15, 0.2) is 0 Å². The SMILES string of the molecule is CCC(NC(=O)OCC1CC[C@]([Si])(C2CC(NC(=O)Cc3cnc(C)s3)=NN2)C1)C(F)(F)F. The quantitative estimate of drug-likeness (QED) is 0.498. The van der Waals surface area contributed by atoms with Crippen molar-refractivity contribution in [1.29, 1.82) is 0 Å². The molecule has 2 aliphatic rings. The van der Waals surface area contributed by atoms with E-state index in [9.17, 15) is 22.8 Å². The Morgan fingerprint density at radius 3 is 2.85 bits per heavy atom. The smallest absolute Gasteiger partial charge is 0.408 e. The first kappa shape index (κ1) is 25.5. The summed E-state index contributed by atoms with van der Waals surface area (Å²) in [5.41, 5.74) is 3.07. The number of carbonyl (C=O) groups is 2. The van der Waals surface area contributed by atoms with Crippen LogP contribution in [-0.2, 0) is 16.0 Å². The molecular formula is C20H27F3N5O3SSi. The van der Waals surface area contributed by atoms with Crippen LogP contribution in [0, 0.1) is 12.8 Å². The van der Waals surface area contributed by atoms with Gasteiger partial charge in [0, 0.05) is 27.7 Å². The fourth-order valence-corrected chi connectivity index (χ4v) is 5.51. The lowest BCUT2D eigenvalue weighted by Gasteiger charge is -2.31. The number of thiazole rings is 1. The van der Waals surface area contributed by atoms with Crippen molar-refractivity contribution in [1.82, 2.24) is 21.0 Å². The van der Waals surface area contributed by atoms with Crippen molar-refractivity contribution < 1.29 is 27.5 Å². The van der Waals surface area contributed by atoms with Crippen LogP contribution in [0.3, 0.4) is 0 Å². The lowest BCUT2D eigenvalue weighted by Crippen LogP contribution is -2.45. The second-order valence-electron chi connectivity index (χ2n) is 8.53. The third-order valence-electron chi connectivity index (χ3n) is 5.90. The molecule has 3 N–H and O–H groups in total. The molecule has 3 rings (SSSR count). The van der Waals surface area contributed by atoms with Gasteiger partial charge < -0.3 is 20.8 Å². The molecule has 1 aromatic heterocycles. The molecule has 0 aromatic carbocycles. The van der Waals surface area contributed by atoms with Gasteiger partial charge >= 0.3 is 12.3 Å². The second kappa shape index (κ2) is 10.4. The number of alkyl halides is 3. The second-order valence-corrected chi connectivity index (χ2v) is 10.8. The highest BCUT2D eigenvalue weighted by atomic mass is 32.1. The Bertz CT molecular complexity index is 897. The third kappa shape index (κ3) is 6.92. The van der Waals surface area contributed by atoms with Crippen LogP contribution < -0.4 is 16.1 Å². The van der Waals surface area contributed by atoms with Crippen LogP contribution in [-0.4, -0.2) is 57.9 Å². The van der Waals surface area contributed by atoms with Gasteiger partial charge in [0.25, 0.3) is 0 Å². The summed E-state index contributed by atoms with van der Waals surface area (Å²) in [6.45, 7) is 3.27. The van der Waals surface area contributed by atoms with Crippen molar-refractivity contribution in [3.8, 4) is 0 Å². The molecule has 13 heteroatoms. The van der Waals surface area contributed by atoms with E-state index < -0.39 is 18.3 Å². The van der Waals surface area contributed by atoms with Gasteiger partial charge in [-0.05, 0) is 43.6 Å². The highest BCUT2D eigenvalue weighted by molar-refractivity contribution is 7.11. The summed E-state index contributed by atoms with van der Waals surface area (Å²) in [4.78, 5) is 29.1. The number of aryl methyl sites for hydroxylation is 1. The van der Waals surface area contributed by atoms with Crippen LogP contribution in [0.15, 0.2) is 11.3 Å². The van der Waals surface area contributed by atoms with Gasteiger partial charge in [-0.3, -0.25) is 4.79 Å². The van der Waals surface area contributed by atoms with Crippen molar-refractivity contribution in [2.45, 2.75) is 75.7 Å². The number of amidine groups is 1. The van der Waals surface area contributed by atoms with E-state index in [1.165, 1.54) is 18.3 Å². The number of rotatable bonds is 7. The molecule has 8 nitrogen and oxygen atoms in total. The molecule has 1 aliphatic heterocycles. The van der Waals surface area contributed by atoms with Gasteiger partial charge in [0.2, 0.25) is 5.91 Å². The summed E-state index contributed by atoms with van der Waals surface area (Å²) >= 11 is 1.48. The molecule has 2 amide bonds. The summed E-state index contributed by atoms with van der Waals surface area (Å²) in [7, 11) is 3.85. The fraction of sp³-hybridized carbons (Fsp3) is 0.700. The number of nitrogens with one attached hydrogen (secondary N) is 3. The molecule has 33 heavy (non-hydrogen) atoms. The maximum Gasteiger partial charge on any atom is 0.408 e.